The second-order valence-corrected chi connectivity index (χ2v) is 7.29. The molecule has 3 atom stereocenters. The lowest BCUT2D eigenvalue weighted by atomic mass is 9.77. The van der Waals surface area contributed by atoms with Gasteiger partial charge in [-0.2, -0.15) is 0 Å². The van der Waals surface area contributed by atoms with Crippen molar-refractivity contribution in [2.24, 2.45) is 11.8 Å². The average molecular weight is 280 g/mol. The molecule has 3 rings (SSSR count). The van der Waals surface area contributed by atoms with Crippen LogP contribution in [0.5, 0.6) is 0 Å². The van der Waals surface area contributed by atoms with Gasteiger partial charge in [0.25, 0.3) is 0 Å². The maximum absolute atomic E-state index is 5.29. The van der Waals surface area contributed by atoms with Gasteiger partial charge in [0.05, 0.1) is 0 Å². The van der Waals surface area contributed by atoms with Crippen LogP contribution in [0.25, 0.3) is 0 Å². The molecule has 3 aliphatic rings. The van der Waals surface area contributed by atoms with E-state index in [1.807, 2.05) is 7.11 Å². The van der Waals surface area contributed by atoms with Gasteiger partial charge < -0.3 is 15.0 Å². The number of hydrogen-bond donors (Lipinski definition) is 1. The summed E-state index contributed by atoms with van der Waals surface area (Å²) in [5, 5.41) is 3.97. The van der Waals surface area contributed by atoms with Gasteiger partial charge in [0.15, 0.2) is 0 Å². The van der Waals surface area contributed by atoms with E-state index in [0.29, 0.717) is 0 Å². The Morgan fingerprint density at radius 2 is 1.80 bits per heavy atom. The van der Waals surface area contributed by atoms with E-state index in [1.165, 1.54) is 71.0 Å². The minimum absolute atomic E-state index is 0.758. The highest BCUT2D eigenvalue weighted by molar-refractivity contribution is 4.90. The second-order valence-electron chi connectivity index (χ2n) is 7.29. The van der Waals surface area contributed by atoms with Crippen LogP contribution >= 0.6 is 0 Å². The summed E-state index contributed by atoms with van der Waals surface area (Å²) in [6.07, 6.45) is 11.4. The number of ether oxygens (including phenoxy) is 1. The van der Waals surface area contributed by atoms with E-state index >= 15 is 0 Å². The van der Waals surface area contributed by atoms with E-state index in [9.17, 15) is 0 Å². The summed E-state index contributed by atoms with van der Waals surface area (Å²) in [5.41, 5.74) is 0. The molecule has 3 unspecified atom stereocenters. The quantitative estimate of drug-likeness (QED) is 0.857. The molecule has 1 aliphatic carbocycles. The van der Waals surface area contributed by atoms with Crippen LogP contribution in [0.3, 0.4) is 0 Å². The summed E-state index contributed by atoms with van der Waals surface area (Å²) in [6.45, 7) is 4.79. The molecule has 0 amide bonds. The molecule has 0 spiro atoms. The van der Waals surface area contributed by atoms with Crippen molar-refractivity contribution in [1.29, 1.82) is 0 Å². The van der Waals surface area contributed by atoms with Gasteiger partial charge in [-0.25, -0.2) is 0 Å². The predicted octanol–water partition coefficient (Wildman–Crippen LogP) is 2.66. The van der Waals surface area contributed by atoms with E-state index in [-0.39, 0.29) is 0 Å². The van der Waals surface area contributed by atoms with E-state index in [4.69, 9.17) is 4.74 Å². The standard InChI is InChI=1S/C17H32N2O/c1-20-13-14-8-10-19(11-9-14)12-16-7-6-15-4-2-3-5-17(15)18-16/h14-18H,2-13H2,1H3. The zero-order valence-corrected chi connectivity index (χ0v) is 13.2. The van der Waals surface area contributed by atoms with E-state index < -0.39 is 0 Å². The fourth-order valence-electron chi connectivity index (χ4n) is 4.60. The molecule has 1 saturated carbocycles. The van der Waals surface area contributed by atoms with Gasteiger partial charge in [-0.05, 0) is 63.5 Å². The van der Waals surface area contributed by atoms with Crippen LogP contribution in [0.1, 0.15) is 51.4 Å². The molecule has 2 heterocycles. The minimum Gasteiger partial charge on any atom is -0.384 e. The first-order chi connectivity index (χ1) is 9.85. The third-order valence-corrected chi connectivity index (χ3v) is 5.83. The van der Waals surface area contributed by atoms with Crippen molar-refractivity contribution in [2.75, 3.05) is 33.4 Å². The van der Waals surface area contributed by atoms with Crippen LogP contribution in [0.15, 0.2) is 0 Å². The Morgan fingerprint density at radius 1 is 1.00 bits per heavy atom. The van der Waals surface area contributed by atoms with Crippen molar-refractivity contribution in [3.05, 3.63) is 0 Å². The van der Waals surface area contributed by atoms with Crippen molar-refractivity contribution < 1.29 is 4.74 Å². The number of methoxy groups -OCH3 is 1. The number of rotatable bonds is 4. The fraction of sp³-hybridized carbons (Fsp3) is 1.00. The number of fused-ring (bicyclic) bond motifs is 1. The summed E-state index contributed by atoms with van der Waals surface area (Å²) in [7, 11) is 1.83. The highest BCUT2D eigenvalue weighted by Gasteiger charge is 2.32. The molecule has 2 saturated heterocycles. The van der Waals surface area contributed by atoms with Gasteiger partial charge in [0, 0.05) is 32.3 Å². The lowest BCUT2D eigenvalue weighted by Gasteiger charge is -2.43. The monoisotopic (exact) mass is 280 g/mol. The fourth-order valence-corrected chi connectivity index (χ4v) is 4.60. The first-order valence-corrected chi connectivity index (χ1v) is 8.82. The molecule has 2 aliphatic heterocycles. The summed E-state index contributed by atoms with van der Waals surface area (Å²) < 4.78 is 5.29. The molecule has 0 aromatic carbocycles. The van der Waals surface area contributed by atoms with Gasteiger partial charge in [0.2, 0.25) is 0 Å². The topological polar surface area (TPSA) is 24.5 Å². The molecule has 0 aromatic heterocycles. The average Bonchev–Trinajstić information content (AvgIpc) is 2.49. The van der Waals surface area contributed by atoms with Crippen LogP contribution in [-0.2, 0) is 4.74 Å². The van der Waals surface area contributed by atoms with Crippen LogP contribution in [0.2, 0.25) is 0 Å². The van der Waals surface area contributed by atoms with Gasteiger partial charge in [-0.1, -0.05) is 12.8 Å². The Balaban J connectivity index is 1.40. The van der Waals surface area contributed by atoms with Crippen LogP contribution in [0.4, 0.5) is 0 Å². The maximum Gasteiger partial charge on any atom is 0.0491 e. The van der Waals surface area contributed by atoms with Crippen LogP contribution < -0.4 is 5.32 Å². The smallest absolute Gasteiger partial charge is 0.0491 e. The number of nitrogens with zero attached hydrogens (tertiary/aromatic N) is 1. The summed E-state index contributed by atoms with van der Waals surface area (Å²) in [6, 6.07) is 1.60. The zero-order valence-electron chi connectivity index (χ0n) is 13.2. The molecule has 20 heavy (non-hydrogen) atoms. The van der Waals surface area contributed by atoms with Crippen LogP contribution in [-0.4, -0.2) is 50.3 Å². The Kier molecular flexibility index (Phi) is 5.36. The van der Waals surface area contributed by atoms with Gasteiger partial charge >= 0.3 is 0 Å². The molecule has 116 valence electrons. The summed E-state index contributed by atoms with van der Waals surface area (Å²) >= 11 is 0. The highest BCUT2D eigenvalue weighted by atomic mass is 16.5. The highest BCUT2D eigenvalue weighted by Crippen LogP contribution is 2.32. The number of likely N-dealkylation sites (tertiary alicyclic amines) is 1. The molecular weight excluding hydrogens is 248 g/mol. The number of piperidine rings is 2. The first kappa shape index (κ1) is 14.8. The van der Waals surface area contributed by atoms with E-state index in [0.717, 1.165) is 30.5 Å². The van der Waals surface area contributed by atoms with Gasteiger partial charge in [-0.3, -0.25) is 0 Å². The lowest BCUT2D eigenvalue weighted by Crippen LogP contribution is -2.53. The second kappa shape index (κ2) is 7.24. The first-order valence-electron chi connectivity index (χ1n) is 8.82. The molecule has 1 N–H and O–H groups in total. The largest absolute Gasteiger partial charge is 0.384 e. The third kappa shape index (κ3) is 3.75. The van der Waals surface area contributed by atoms with Crippen molar-refractivity contribution in [3.63, 3.8) is 0 Å². The Morgan fingerprint density at radius 3 is 2.60 bits per heavy atom. The molecule has 3 fully saturated rings. The molecule has 3 nitrogen and oxygen atoms in total. The Hall–Kier alpha value is -0.120. The van der Waals surface area contributed by atoms with Crippen molar-refractivity contribution in [1.82, 2.24) is 10.2 Å². The SMILES string of the molecule is COCC1CCN(CC2CCC3CCCCC3N2)CC1. The minimum atomic E-state index is 0.758. The van der Waals surface area contributed by atoms with Crippen molar-refractivity contribution in [3.8, 4) is 0 Å². The van der Waals surface area contributed by atoms with Crippen molar-refractivity contribution >= 4 is 0 Å². The normalized spacial score (nSPS) is 36.8. The molecule has 3 heteroatoms. The lowest BCUT2D eigenvalue weighted by molar-refractivity contribution is 0.0849. The molecular formula is C17H32N2O. The maximum atomic E-state index is 5.29. The Labute approximate surface area is 124 Å². The summed E-state index contributed by atoms with van der Waals surface area (Å²) in [5.74, 6) is 1.80. The molecule has 0 aromatic rings. The number of hydrogen-bond acceptors (Lipinski definition) is 3. The zero-order chi connectivity index (χ0) is 13.8. The van der Waals surface area contributed by atoms with E-state index in [2.05, 4.69) is 10.2 Å². The van der Waals surface area contributed by atoms with E-state index in [1.54, 1.807) is 0 Å². The third-order valence-electron chi connectivity index (χ3n) is 5.83. The van der Waals surface area contributed by atoms with Crippen LogP contribution in [0, 0.1) is 11.8 Å². The van der Waals surface area contributed by atoms with Gasteiger partial charge in [-0.15, -0.1) is 0 Å². The number of nitrogens with one attached hydrogen (secondary N) is 1. The predicted molar refractivity (Wildman–Crippen MR) is 82.9 cm³/mol. The Bertz CT molecular complexity index is 289. The summed E-state index contributed by atoms with van der Waals surface area (Å²) in [4.78, 5) is 2.69. The van der Waals surface area contributed by atoms with Crippen molar-refractivity contribution in [2.45, 2.75) is 63.5 Å². The molecule has 0 radical (unpaired) electrons. The van der Waals surface area contributed by atoms with Gasteiger partial charge in [0.1, 0.15) is 0 Å². The molecule has 0 bridgehead atoms.